The maximum atomic E-state index is 13.2. The highest BCUT2D eigenvalue weighted by Gasteiger charge is 2.34. The van der Waals surface area contributed by atoms with Crippen molar-refractivity contribution >= 4 is 48.0 Å². The molecular formula is C27H30Cl3N3O. The Morgan fingerprint density at radius 3 is 2.47 bits per heavy atom. The monoisotopic (exact) mass is 517 g/mol. The Kier molecular flexibility index (Phi) is 9.26. The number of hydrogen-bond donors (Lipinski definition) is 2. The predicted octanol–water partition coefficient (Wildman–Crippen LogP) is 5.83. The number of benzene rings is 3. The van der Waals surface area contributed by atoms with Crippen LogP contribution in [-0.4, -0.2) is 29.9 Å². The summed E-state index contributed by atoms with van der Waals surface area (Å²) in [6.07, 6.45) is 1.81. The number of fused-ring (bicyclic) bond motifs is 1. The van der Waals surface area contributed by atoms with Gasteiger partial charge in [0.1, 0.15) is 0 Å². The molecule has 1 amide bonds. The van der Waals surface area contributed by atoms with Crippen LogP contribution in [0.15, 0.2) is 72.8 Å². The molecule has 3 aromatic carbocycles. The number of rotatable bonds is 6. The molecule has 34 heavy (non-hydrogen) atoms. The summed E-state index contributed by atoms with van der Waals surface area (Å²) in [5, 5.41) is 7.64. The Balaban J connectivity index is 0.00000162. The van der Waals surface area contributed by atoms with Crippen LogP contribution in [0.1, 0.15) is 34.6 Å². The maximum Gasteiger partial charge on any atom is 0.240 e. The summed E-state index contributed by atoms with van der Waals surface area (Å²) in [5.41, 5.74) is 6.23. The van der Waals surface area contributed by atoms with E-state index in [1.54, 1.807) is 0 Å². The lowest BCUT2D eigenvalue weighted by Crippen LogP contribution is -2.40. The number of carbonyl (C=O) groups is 1. The standard InChI is InChI=1S/C27H28ClN3O.2ClH/c28-24-8-10-25(11-9-24)29-13-12-19-6-7-21-17-31(18-23(21)14-19)27(32)26-15-22(16-30-26)20-4-2-1-3-5-20;;/h1-11,14,22,26,29-30H,12-13,15-18H2;2*1H/t22-,26-;;/m1../s1. The summed E-state index contributed by atoms with van der Waals surface area (Å²) in [5.74, 6) is 0.639. The van der Waals surface area contributed by atoms with Gasteiger partial charge >= 0.3 is 0 Å². The van der Waals surface area contributed by atoms with Crippen LogP contribution in [0.25, 0.3) is 0 Å². The molecule has 5 rings (SSSR count). The molecule has 7 heteroatoms. The molecule has 2 aliphatic rings. The second-order valence-corrected chi connectivity index (χ2v) is 9.22. The number of halogens is 3. The molecule has 180 valence electrons. The average Bonchev–Trinajstić information content (AvgIpc) is 3.48. The molecule has 2 atom stereocenters. The second kappa shape index (κ2) is 11.9. The van der Waals surface area contributed by atoms with Crippen molar-refractivity contribution in [3.05, 3.63) is 100 Å². The van der Waals surface area contributed by atoms with E-state index in [4.69, 9.17) is 11.6 Å². The van der Waals surface area contributed by atoms with Crippen molar-refractivity contribution in [3.63, 3.8) is 0 Å². The van der Waals surface area contributed by atoms with Crippen LogP contribution in [0.2, 0.25) is 5.02 Å². The Morgan fingerprint density at radius 2 is 1.71 bits per heavy atom. The molecule has 3 aromatic rings. The van der Waals surface area contributed by atoms with E-state index in [0.29, 0.717) is 19.0 Å². The Labute approximate surface area is 218 Å². The minimum atomic E-state index is -0.0856. The number of anilines is 1. The van der Waals surface area contributed by atoms with Gasteiger partial charge in [-0.1, -0.05) is 60.1 Å². The molecule has 0 radical (unpaired) electrons. The van der Waals surface area contributed by atoms with Crippen LogP contribution < -0.4 is 10.6 Å². The van der Waals surface area contributed by atoms with Gasteiger partial charge in [0, 0.05) is 36.9 Å². The summed E-state index contributed by atoms with van der Waals surface area (Å²) in [7, 11) is 0. The molecule has 0 aromatic heterocycles. The van der Waals surface area contributed by atoms with Crippen molar-refractivity contribution in [2.24, 2.45) is 0 Å². The molecule has 0 aliphatic carbocycles. The van der Waals surface area contributed by atoms with Crippen LogP contribution in [0.4, 0.5) is 5.69 Å². The minimum Gasteiger partial charge on any atom is -0.385 e. The van der Waals surface area contributed by atoms with Crippen LogP contribution in [0, 0.1) is 0 Å². The molecule has 1 fully saturated rings. The lowest BCUT2D eigenvalue weighted by Gasteiger charge is -2.20. The van der Waals surface area contributed by atoms with Crippen molar-refractivity contribution in [3.8, 4) is 0 Å². The molecule has 2 heterocycles. The first-order valence-electron chi connectivity index (χ1n) is 11.3. The van der Waals surface area contributed by atoms with Crippen LogP contribution in [0.3, 0.4) is 0 Å². The van der Waals surface area contributed by atoms with E-state index in [9.17, 15) is 4.79 Å². The lowest BCUT2D eigenvalue weighted by molar-refractivity contribution is -0.133. The second-order valence-electron chi connectivity index (χ2n) is 8.79. The normalized spacial score (nSPS) is 18.6. The number of nitrogens with zero attached hydrogens (tertiary/aromatic N) is 1. The quantitative estimate of drug-likeness (QED) is 0.432. The molecule has 0 unspecified atom stereocenters. The van der Waals surface area contributed by atoms with Gasteiger partial charge in [-0.25, -0.2) is 0 Å². The summed E-state index contributed by atoms with van der Waals surface area (Å²) < 4.78 is 0. The van der Waals surface area contributed by atoms with Crippen molar-refractivity contribution < 1.29 is 4.79 Å². The smallest absolute Gasteiger partial charge is 0.240 e. The average molecular weight is 519 g/mol. The van der Waals surface area contributed by atoms with Crippen molar-refractivity contribution in [1.82, 2.24) is 10.2 Å². The number of carbonyl (C=O) groups excluding carboxylic acids is 1. The van der Waals surface area contributed by atoms with Gasteiger partial charge in [-0.15, -0.1) is 24.8 Å². The highest BCUT2D eigenvalue weighted by molar-refractivity contribution is 6.30. The van der Waals surface area contributed by atoms with E-state index >= 15 is 0 Å². The summed E-state index contributed by atoms with van der Waals surface area (Å²) in [6, 6.07) is 24.8. The van der Waals surface area contributed by atoms with Crippen LogP contribution in [0.5, 0.6) is 0 Å². The van der Waals surface area contributed by atoms with Gasteiger partial charge in [0.2, 0.25) is 5.91 Å². The van der Waals surface area contributed by atoms with E-state index in [1.165, 1.54) is 22.3 Å². The number of nitrogens with one attached hydrogen (secondary N) is 2. The third-order valence-electron chi connectivity index (χ3n) is 6.59. The first kappa shape index (κ1) is 26.4. The fourth-order valence-corrected chi connectivity index (χ4v) is 4.93. The zero-order chi connectivity index (χ0) is 21.9. The van der Waals surface area contributed by atoms with E-state index in [1.807, 2.05) is 35.2 Å². The molecule has 2 N–H and O–H groups in total. The zero-order valence-corrected chi connectivity index (χ0v) is 21.3. The fraction of sp³-hybridized carbons (Fsp3) is 0.296. The Hall–Kier alpha value is -2.24. The SMILES string of the molecule is Cl.Cl.O=C([C@H]1C[C@@H](c2ccccc2)CN1)N1Cc2ccc(CCNc3ccc(Cl)cc3)cc2C1. The lowest BCUT2D eigenvalue weighted by atomic mass is 9.96. The molecule has 0 spiro atoms. The molecule has 2 aliphatic heterocycles. The summed E-state index contributed by atoms with van der Waals surface area (Å²) >= 11 is 5.95. The van der Waals surface area contributed by atoms with Gasteiger partial charge < -0.3 is 15.5 Å². The predicted molar refractivity (Wildman–Crippen MR) is 144 cm³/mol. The van der Waals surface area contributed by atoms with Gasteiger partial charge in [0.25, 0.3) is 0 Å². The van der Waals surface area contributed by atoms with Crippen LogP contribution >= 0.6 is 36.4 Å². The largest absolute Gasteiger partial charge is 0.385 e. The number of amides is 1. The van der Waals surface area contributed by atoms with Gasteiger partial charge in [-0.3, -0.25) is 4.79 Å². The fourth-order valence-electron chi connectivity index (χ4n) is 4.80. The van der Waals surface area contributed by atoms with E-state index in [0.717, 1.165) is 36.6 Å². The highest BCUT2D eigenvalue weighted by atomic mass is 35.5. The zero-order valence-electron chi connectivity index (χ0n) is 18.9. The van der Waals surface area contributed by atoms with Crippen LogP contribution in [-0.2, 0) is 24.3 Å². The third-order valence-corrected chi connectivity index (χ3v) is 6.84. The molecular weight excluding hydrogens is 489 g/mol. The summed E-state index contributed by atoms with van der Waals surface area (Å²) in [6.45, 7) is 3.15. The Bertz CT molecular complexity index is 1090. The Morgan fingerprint density at radius 1 is 0.971 bits per heavy atom. The highest BCUT2D eigenvalue weighted by Crippen LogP contribution is 2.29. The van der Waals surface area contributed by atoms with Gasteiger partial charge in [-0.05, 0) is 65.3 Å². The van der Waals surface area contributed by atoms with Crippen molar-refractivity contribution in [2.45, 2.75) is 37.9 Å². The van der Waals surface area contributed by atoms with Gasteiger partial charge in [0.05, 0.1) is 6.04 Å². The molecule has 0 bridgehead atoms. The first-order valence-corrected chi connectivity index (χ1v) is 11.7. The van der Waals surface area contributed by atoms with E-state index in [2.05, 4.69) is 53.1 Å². The maximum absolute atomic E-state index is 13.2. The molecule has 0 saturated carbocycles. The van der Waals surface area contributed by atoms with Gasteiger partial charge in [0.15, 0.2) is 0 Å². The van der Waals surface area contributed by atoms with Crippen molar-refractivity contribution in [2.75, 3.05) is 18.4 Å². The van der Waals surface area contributed by atoms with Gasteiger partial charge in [-0.2, -0.15) is 0 Å². The minimum absolute atomic E-state index is 0. The number of hydrogen-bond acceptors (Lipinski definition) is 3. The molecule has 4 nitrogen and oxygen atoms in total. The van der Waals surface area contributed by atoms with Crippen molar-refractivity contribution in [1.29, 1.82) is 0 Å². The van der Waals surface area contributed by atoms with E-state index in [-0.39, 0.29) is 36.8 Å². The molecule has 1 saturated heterocycles. The third kappa shape index (κ3) is 6.05. The summed E-state index contributed by atoms with van der Waals surface area (Å²) in [4.78, 5) is 15.2. The topological polar surface area (TPSA) is 44.4 Å². The van der Waals surface area contributed by atoms with E-state index < -0.39 is 0 Å². The first-order chi connectivity index (χ1) is 15.7.